The average molecular weight is 363 g/mol. The molecule has 6 nitrogen and oxygen atoms in total. The maximum atomic E-state index is 12.8. The summed E-state index contributed by atoms with van der Waals surface area (Å²) in [7, 11) is 0. The van der Waals surface area contributed by atoms with Crippen molar-refractivity contribution in [1.82, 2.24) is 14.0 Å². The zero-order chi connectivity index (χ0) is 18.8. The van der Waals surface area contributed by atoms with Crippen molar-refractivity contribution in [2.75, 3.05) is 13.1 Å². The van der Waals surface area contributed by atoms with Gasteiger partial charge in [-0.1, -0.05) is 42.5 Å². The van der Waals surface area contributed by atoms with E-state index in [9.17, 15) is 14.4 Å². The van der Waals surface area contributed by atoms with E-state index in [-0.39, 0.29) is 12.5 Å². The number of hydrogen-bond donors (Lipinski definition) is 0. The highest BCUT2D eigenvalue weighted by Crippen LogP contribution is 2.14. The summed E-state index contributed by atoms with van der Waals surface area (Å²) in [5, 5.41) is 0. The molecular formula is C21H21N3O3. The fourth-order valence-electron chi connectivity index (χ4n) is 3.65. The summed E-state index contributed by atoms with van der Waals surface area (Å²) in [6.07, 6.45) is 1.97. The van der Waals surface area contributed by atoms with Crippen LogP contribution >= 0.6 is 0 Å². The van der Waals surface area contributed by atoms with Crippen LogP contribution in [0.1, 0.15) is 18.4 Å². The topological polar surface area (TPSA) is 64.3 Å². The van der Waals surface area contributed by atoms with Gasteiger partial charge in [-0.2, -0.15) is 0 Å². The number of nitrogens with zero attached hydrogens (tertiary/aromatic N) is 3. The first-order valence-corrected chi connectivity index (χ1v) is 9.19. The van der Waals surface area contributed by atoms with Crippen LogP contribution in [0.5, 0.6) is 0 Å². The van der Waals surface area contributed by atoms with Gasteiger partial charge in [0.2, 0.25) is 5.91 Å². The molecular weight excluding hydrogens is 342 g/mol. The average Bonchev–Trinajstić information content (AvgIpc) is 3.24. The first-order valence-electron chi connectivity index (χ1n) is 9.19. The minimum absolute atomic E-state index is 0.0965. The van der Waals surface area contributed by atoms with E-state index in [1.54, 1.807) is 11.0 Å². The number of para-hydroxylation sites is 2. The van der Waals surface area contributed by atoms with E-state index in [2.05, 4.69) is 0 Å². The van der Waals surface area contributed by atoms with Gasteiger partial charge in [0.15, 0.2) is 0 Å². The highest BCUT2D eigenvalue weighted by Gasteiger charge is 2.21. The van der Waals surface area contributed by atoms with Gasteiger partial charge in [-0.05, 0) is 30.5 Å². The number of benzene rings is 2. The monoisotopic (exact) mass is 363 g/mol. The molecule has 4 rings (SSSR count). The third kappa shape index (κ3) is 3.30. The van der Waals surface area contributed by atoms with Crippen LogP contribution in [0.15, 0.2) is 64.2 Å². The fraction of sp³-hybridized carbons (Fsp3) is 0.286. The first-order chi connectivity index (χ1) is 13.1. The Hall–Kier alpha value is -3.15. The molecule has 0 bridgehead atoms. The van der Waals surface area contributed by atoms with Crippen LogP contribution in [-0.4, -0.2) is 33.0 Å². The third-order valence-corrected chi connectivity index (χ3v) is 5.07. The van der Waals surface area contributed by atoms with E-state index in [0.717, 1.165) is 31.5 Å². The van der Waals surface area contributed by atoms with Gasteiger partial charge >= 0.3 is 11.1 Å². The van der Waals surface area contributed by atoms with Crippen LogP contribution in [0.25, 0.3) is 11.0 Å². The lowest BCUT2D eigenvalue weighted by Crippen LogP contribution is -2.44. The predicted molar refractivity (Wildman–Crippen MR) is 104 cm³/mol. The number of carbonyl (C=O) groups excluding carboxylic acids is 1. The summed E-state index contributed by atoms with van der Waals surface area (Å²) >= 11 is 0. The molecule has 1 aliphatic heterocycles. The van der Waals surface area contributed by atoms with Crippen molar-refractivity contribution >= 4 is 16.9 Å². The molecule has 0 N–H and O–H groups in total. The van der Waals surface area contributed by atoms with Crippen molar-refractivity contribution in [1.29, 1.82) is 0 Å². The number of amides is 1. The maximum Gasteiger partial charge on any atom is 0.317 e. The standard InChI is InChI=1S/C21H21N3O3/c25-19(22-12-6-7-13-22)15-24-18-11-5-4-10-17(18)23(20(26)21(24)27)14-16-8-2-1-3-9-16/h1-5,8-11H,6-7,12-15H2. The Bertz CT molecular complexity index is 1090. The van der Waals surface area contributed by atoms with Crippen LogP contribution in [0.2, 0.25) is 0 Å². The largest absolute Gasteiger partial charge is 0.341 e. The number of carbonyl (C=O) groups is 1. The molecule has 6 heteroatoms. The van der Waals surface area contributed by atoms with Gasteiger partial charge in [-0.25, -0.2) is 0 Å². The minimum Gasteiger partial charge on any atom is -0.341 e. The number of fused-ring (bicyclic) bond motifs is 1. The lowest BCUT2D eigenvalue weighted by atomic mass is 10.2. The molecule has 0 spiro atoms. The van der Waals surface area contributed by atoms with Gasteiger partial charge < -0.3 is 4.90 Å². The Morgan fingerprint density at radius 1 is 0.778 bits per heavy atom. The summed E-state index contributed by atoms with van der Waals surface area (Å²) in [5.41, 5.74) is 0.935. The van der Waals surface area contributed by atoms with E-state index < -0.39 is 11.1 Å². The van der Waals surface area contributed by atoms with Crippen molar-refractivity contribution in [2.45, 2.75) is 25.9 Å². The molecule has 27 heavy (non-hydrogen) atoms. The molecule has 0 unspecified atom stereocenters. The smallest absolute Gasteiger partial charge is 0.317 e. The molecule has 0 radical (unpaired) electrons. The normalized spacial score (nSPS) is 14.0. The van der Waals surface area contributed by atoms with E-state index in [4.69, 9.17) is 0 Å². The molecule has 1 amide bonds. The number of rotatable bonds is 4. The highest BCUT2D eigenvalue weighted by atomic mass is 16.2. The fourth-order valence-corrected chi connectivity index (χ4v) is 3.65. The van der Waals surface area contributed by atoms with Crippen molar-refractivity contribution in [2.24, 2.45) is 0 Å². The molecule has 0 atom stereocenters. The van der Waals surface area contributed by atoms with E-state index in [1.807, 2.05) is 48.5 Å². The van der Waals surface area contributed by atoms with Crippen molar-refractivity contribution in [3.8, 4) is 0 Å². The second-order valence-electron chi connectivity index (χ2n) is 6.84. The molecule has 0 saturated carbocycles. The zero-order valence-corrected chi connectivity index (χ0v) is 15.0. The quantitative estimate of drug-likeness (QED) is 0.665. The Balaban J connectivity index is 1.81. The minimum atomic E-state index is -0.655. The van der Waals surface area contributed by atoms with Crippen molar-refractivity contribution in [3.63, 3.8) is 0 Å². The zero-order valence-electron chi connectivity index (χ0n) is 15.0. The summed E-state index contributed by atoms with van der Waals surface area (Å²) in [6, 6.07) is 16.8. The van der Waals surface area contributed by atoms with Gasteiger partial charge in [-0.3, -0.25) is 23.5 Å². The van der Waals surface area contributed by atoms with Crippen molar-refractivity contribution in [3.05, 3.63) is 80.9 Å². The lowest BCUT2D eigenvalue weighted by Gasteiger charge is -2.18. The predicted octanol–water partition coefficient (Wildman–Crippen LogP) is 1.83. The second kappa shape index (κ2) is 7.23. The number of likely N-dealkylation sites (tertiary alicyclic amines) is 1. The Labute approximate surface area is 156 Å². The second-order valence-corrected chi connectivity index (χ2v) is 6.84. The Kier molecular flexibility index (Phi) is 4.62. The van der Waals surface area contributed by atoms with Crippen LogP contribution in [0, 0.1) is 0 Å². The molecule has 138 valence electrons. The molecule has 2 aromatic carbocycles. The summed E-state index contributed by atoms with van der Waals surface area (Å²) in [5.74, 6) is -0.111. The van der Waals surface area contributed by atoms with Crippen LogP contribution in [0.4, 0.5) is 0 Å². The molecule has 0 aliphatic carbocycles. The van der Waals surface area contributed by atoms with Gasteiger partial charge in [0, 0.05) is 13.1 Å². The lowest BCUT2D eigenvalue weighted by molar-refractivity contribution is -0.130. The summed E-state index contributed by atoms with van der Waals surface area (Å²) in [6.45, 7) is 1.66. The van der Waals surface area contributed by atoms with Crippen LogP contribution in [0.3, 0.4) is 0 Å². The highest BCUT2D eigenvalue weighted by molar-refractivity contribution is 5.80. The van der Waals surface area contributed by atoms with Gasteiger partial charge in [0.25, 0.3) is 0 Å². The van der Waals surface area contributed by atoms with E-state index in [1.165, 1.54) is 9.13 Å². The van der Waals surface area contributed by atoms with E-state index >= 15 is 0 Å². The summed E-state index contributed by atoms with van der Waals surface area (Å²) < 4.78 is 2.81. The van der Waals surface area contributed by atoms with Crippen molar-refractivity contribution < 1.29 is 4.79 Å². The van der Waals surface area contributed by atoms with Crippen LogP contribution < -0.4 is 11.1 Å². The summed E-state index contributed by atoms with van der Waals surface area (Å²) in [4.78, 5) is 39.9. The molecule has 1 aromatic heterocycles. The van der Waals surface area contributed by atoms with Gasteiger partial charge in [0.1, 0.15) is 6.54 Å². The van der Waals surface area contributed by atoms with Gasteiger partial charge in [-0.15, -0.1) is 0 Å². The molecule has 1 saturated heterocycles. The molecule has 3 aromatic rings. The van der Waals surface area contributed by atoms with Crippen LogP contribution in [-0.2, 0) is 17.9 Å². The van der Waals surface area contributed by atoms with Gasteiger partial charge in [0.05, 0.1) is 17.6 Å². The number of aromatic nitrogens is 2. The Morgan fingerprint density at radius 3 is 2.00 bits per heavy atom. The molecule has 2 heterocycles. The first kappa shape index (κ1) is 17.3. The SMILES string of the molecule is O=C(Cn1c(=O)c(=O)n(Cc2ccccc2)c2ccccc21)N1CCCC1. The van der Waals surface area contributed by atoms with E-state index in [0.29, 0.717) is 17.6 Å². The Morgan fingerprint density at radius 2 is 1.33 bits per heavy atom. The number of hydrogen-bond acceptors (Lipinski definition) is 3. The molecule has 1 fully saturated rings. The molecule has 1 aliphatic rings. The maximum absolute atomic E-state index is 12.8. The third-order valence-electron chi connectivity index (χ3n) is 5.07.